The van der Waals surface area contributed by atoms with Crippen LogP contribution in [-0.2, 0) is 5.41 Å². The first kappa shape index (κ1) is 16.1. The van der Waals surface area contributed by atoms with E-state index in [0.717, 1.165) is 0 Å². The van der Waals surface area contributed by atoms with Crippen molar-refractivity contribution in [1.29, 1.82) is 0 Å². The van der Waals surface area contributed by atoms with Gasteiger partial charge in [0.05, 0.1) is 0 Å². The Morgan fingerprint density at radius 3 is 2.14 bits per heavy atom. The van der Waals surface area contributed by atoms with Crippen molar-refractivity contribution in [1.82, 2.24) is 0 Å². The van der Waals surface area contributed by atoms with Gasteiger partial charge in [-0.15, -0.1) is 11.8 Å². The molecule has 0 saturated carbocycles. The zero-order valence-corrected chi connectivity index (χ0v) is 14.2. The Kier molecular flexibility index (Phi) is 5.13. The Hall–Kier alpha value is -1.25. The normalized spacial score (nSPS) is 13.2. The second kappa shape index (κ2) is 6.67. The van der Waals surface area contributed by atoms with Crippen LogP contribution in [-0.4, -0.2) is 6.54 Å². The van der Waals surface area contributed by atoms with Gasteiger partial charge in [-0.3, -0.25) is 0 Å². The molecule has 0 bridgehead atoms. The SMILES string of the molecule is Cc1ccccc1C(CN)Sc1ccc(C(C)(C)C)cc1. The lowest BCUT2D eigenvalue weighted by molar-refractivity contribution is 0.590. The minimum atomic E-state index is 0.201. The Morgan fingerprint density at radius 1 is 1.00 bits per heavy atom. The standard InChI is InChI=1S/C19H25NS/c1-14-7-5-6-8-17(14)18(13-20)21-16-11-9-15(10-12-16)19(2,3)4/h5-12,18H,13,20H2,1-4H3. The van der Waals surface area contributed by atoms with Gasteiger partial charge in [0.15, 0.2) is 0 Å². The first-order valence-corrected chi connectivity index (χ1v) is 8.32. The maximum atomic E-state index is 6.00. The molecule has 21 heavy (non-hydrogen) atoms. The Bertz CT molecular complexity index is 581. The highest BCUT2D eigenvalue weighted by atomic mass is 32.2. The van der Waals surface area contributed by atoms with Crippen LogP contribution in [0.25, 0.3) is 0 Å². The summed E-state index contributed by atoms with van der Waals surface area (Å²) in [6.07, 6.45) is 0. The van der Waals surface area contributed by atoms with E-state index >= 15 is 0 Å². The van der Waals surface area contributed by atoms with Crippen molar-refractivity contribution in [2.75, 3.05) is 6.54 Å². The highest BCUT2D eigenvalue weighted by Gasteiger charge is 2.15. The van der Waals surface area contributed by atoms with Crippen molar-refractivity contribution < 1.29 is 0 Å². The molecule has 0 amide bonds. The van der Waals surface area contributed by atoms with Gasteiger partial charge in [0.1, 0.15) is 0 Å². The van der Waals surface area contributed by atoms with Crippen molar-refractivity contribution in [3.63, 3.8) is 0 Å². The lowest BCUT2D eigenvalue weighted by atomic mass is 9.87. The molecular weight excluding hydrogens is 274 g/mol. The molecule has 2 N–H and O–H groups in total. The van der Waals surface area contributed by atoms with Gasteiger partial charge in [-0.05, 0) is 41.2 Å². The van der Waals surface area contributed by atoms with Gasteiger partial charge < -0.3 is 5.73 Å². The van der Waals surface area contributed by atoms with E-state index in [2.05, 4.69) is 76.2 Å². The van der Waals surface area contributed by atoms with Gasteiger partial charge in [0.25, 0.3) is 0 Å². The van der Waals surface area contributed by atoms with Crippen LogP contribution in [0.5, 0.6) is 0 Å². The maximum Gasteiger partial charge on any atom is 0.0469 e. The molecule has 1 nitrogen and oxygen atoms in total. The summed E-state index contributed by atoms with van der Waals surface area (Å²) in [5.74, 6) is 0. The van der Waals surface area contributed by atoms with Crippen molar-refractivity contribution >= 4 is 11.8 Å². The third-order valence-corrected chi connectivity index (χ3v) is 5.02. The summed E-state index contributed by atoms with van der Waals surface area (Å²) in [4.78, 5) is 1.28. The molecule has 0 aliphatic rings. The zero-order valence-electron chi connectivity index (χ0n) is 13.4. The predicted molar refractivity (Wildman–Crippen MR) is 94.0 cm³/mol. The topological polar surface area (TPSA) is 26.0 Å². The summed E-state index contributed by atoms with van der Waals surface area (Å²) in [5, 5.41) is 0.312. The van der Waals surface area contributed by atoms with Crippen LogP contribution in [0, 0.1) is 6.92 Å². The van der Waals surface area contributed by atoms with Crippen LogP contribution >= 0.6 is 11.8 Å². The molecule has 2 rings (SSSR count). The fourth-order valence-corrected chi connectivity index (χ4v) is 3.49. The van der Waals surface area contributed by atoms with E-state index in [1.165, 1.54) is 21.6 Å². The highest BCUT2D eigenvalue weighted by molar-refractivity contribution is 7.99. The lowest BCUT2D eigenvalue weighted by Gasteiger charge is -2.20. The minimum Gasteiger partial charge on any atom is -0.329 e. The molecule has 2 aromatic rings. The van der Waals surface area contributed by atoms with Crippen molar-refractivity contribution in [3.8, 4) is 0 Å². The van der Waals surface area contributed by atoms with Crippen LogP contribution in [0.15, 0.2) is 53.4 Å². The largest absolute Gasteiger partial charge is 0.329 e. The van der Waals surface area contributed by atoms with Crippen LogP contribution in [0.1, 0.15) is 42.7 Å². The lowest BCUT2D eigenvalue weighted by Crippen LogP contribution is -2.11. The number of rotatable bonds is 4. The summed E-state index contributed by atoms with van der Waals surface area (Å²) in [6.45, 7) is 9.53. The molecule has 0 aromatic heterocycles. The highest BCUT2D eigenvalue weighted by Crippen LogP contribution is 2.36. The zero-order chi connectivity index (χ0) is 15.5. The minimum absolute atomic E-state index is 0.201. The average Bonchev–Trinajstić information content (AvgIpc) is 2.45. The molecule has 112 valence electrons. The number of nitrogens with two attached hydrogens (primary N) is 1. The Morgan fingerprint density at radius 2 is 1.62 bits per heavy atom. The number of hydrogen-bond acceptors (Lipinski definition) is 2. The van der Waals surface area contributed by atoms with Gasteiger partial charge in [-0.1, -0.05) is 57.2 Å². The summed E-state index contributed by atoms with van der Waals surface area (Å²) in [5.41, 5.74) is 10.2. The Balaban J connectivity index is 2.18. The van der Waals surface area contributed by atoms with Gasteiger partial charge in [0, 0.05) is 16.7 Å². The predicted octanol–water partition coefficient (Wildman–Crippen LogP) is 5.08. The second-order valence-electron chi connectivity index (χ2n) is 6.47. The van der Waals surface area contributed by atoms with Crippen LogP contribution in [0.3, 0.4) is 0 Å². The van der Waals surface area contributed by atoms with Gasteiger partial charge in [-0.25, -0.2) is 0 Å². The number of benzene rings is 2. The molecule has 0 fully saturated rings. The van der Waals surface area contributed by atoms with Gasteiger partial charge in [-0.2, -0.15) is 0 Å². The van der Waals surface area contributed by atoms with E-state index in [1.807, 2.05) is 11.8 Å². The van der Waals surface area contributed by atoms with E-state index in [1.54, 1.807) is 0 Å². The summed E-state index contributed by atoms with van der Waals surface area (Å²) >= 11 is 1.85. The van der Waals surface area contributed by atoms with E-state index in [0.29, 0.717) is 11.8 Å². The molecule has 0 spiro atoms. The maximum absolute atomic E-state index is 6.00. The van der Waals surface area contributed by atoms with Crippen molar-refractivity contribution in [3.05, 3.63) is 65.2 Å². The quantitative estimate of drug-likeness (QED) is 0.796. The van der Waals surface area contributed by atoms with E-state index in [9.17, 15) is 0 Å². The molecule has 0 radical (unpaired) electrons. The van der Waals surface area contributed by atoms with Crippen molar-refractivity contribution in [2.24, 2.45) is 5.73 Å². The van der Waals surface area contributed by atoms with Gasteiger partial charge >= 0.3 is 0 Å². The molecule has 0 saturated heterocycles. The molecule has 2 heteroatoms. The van der Waals surface area contributed by atoms with E-state index in [-0.39, 0.29) is 5.41 Å². The number of aryl methyl sites for hydroxylation is 1. The average molecular weight is 299 g/mol. The monoisotopic (exact) mass is 299 g/mol. The molecule has 0 aliphatic heterocycles. The fraction of sp³-hybridized carbons (Fsp3) is 0.368. The summed E-state index contributed by atoms with van der Waals surface area (Å²) in [7, 11) is 0. The number of hydrogen-bond donors (Lipinski definition) is 1. The molecule has 0 aliphatic carbocycles. The Labute approximate surface area is 133 Å². The summed E-state index contributed by atoms with van der Waals surface area (Å²) < 4.78 is 0. The van der Waals surface area contributed by atoms with E-state index < -0.39 is 0 Å². The van der Waals surface area contributed by atoms with Crippen LogP contribution < -0.4 is 5.73 Å². The third kappa shape index (κ3) is 4.12. The molecule has 1 unspecified atom stereocenters. The van der Waals surface area contributed by atoms with Crippen LogP contribution in [0.4, 0.5) is 0 Å². The molecular formula is C19H25NS. The smallest absolute Gasteiger partial charge is 0.0469 e. The van der Waals surface area contributed by atoms with Gasteiger partial charge in [0.2, 0.25) is 0 Å². The first-order valence-electron chi connectivity index (χ1n) is 7.44. The van der Waals surface area contributed by atoms with E-state index in [4.69, 9.17) is 5.73 Å². The molecule has 0 heterocycles. The third-order valence-electron chi connectivity index (χ3n) is 3.75. The fourth-order valence-electron chi connectivity index (χ4n) is 2.38. The summed E-state index contributed by atoms with van der Waals surface area (Å²) in [6, 6.07) is 17.4. The van der Waals surface area contributed by atoms with Crippen molar-refractivity contribution in [2.45, 2.75) is 43.3 Å². The first-order chi connectivity index (χ1) is 9.91. The number of thioether (sulfide) groups is 1. The molecule has 2 aromatic carbocycles. The second-order valence-corrected chi connectivity index (χ2v) is 7.75. The van der Waals surface area contributed by atoms with Crippen LogP contribution in [0.2, 0.25) is 0 Å². The molecule has 1 atom stereocenters.